The number of aromatic nitrogens is 2. The molecule has 4 rings (SSSR count). The summed E-state index contributed by atoms with van der Waals surface area (Å²) in [5.41, 5.74) is -0.905. The fraction of sp³-hybridized carbons (Fsp3) is 0.391. The van der Waals surface area contributed by atoms with Gasteiger partial charge in [-0.3, -0.25) is 4.79 Å². The lowest BCUT2D eigenvalue weighted by atomic mass is 9.89. The number of hydrogen-bond donors (Lipinski definition) is 3. The maximum absolute atomic E-state index is 14.1. The Kier molecular flexibility index (Phi) is 7.68. The van der Waals surface area contributed by atoms with E-state index in [1.807, 2.05) is 14.1 Å². The van der Waals surface area contributed by atoms with Gasteiger partial charge in [-0.15, -0.1) is 0 Å². The van der Waals surface area contributed by atoms with E-state index in [-0.39, 0.29) is 5.69 Å². The summed E-state index contributed by atoms with van der Waals surface area (Å²) < 4.78 is 65.8. The Bertz CT molecular complexity index is 1120. The molecule has 0 aliphatic heterocycles. The second-order valence-electron chi connectivity index (χ2n) is 7.93. The molecule has 10 heteroatoms. The lowest BCUT2D eigenvalue weighted by Gasteiger charge is -2.18. The minimum atomic E-state index is -5.05. The molecule has 33 heavy (non-hydrogen) atoms. The van der Waals surface area contributed by atoms with Crippen LogP contribution in [0.2, 0.25) is 0 Å². The van der Waals surface area contributed by atoms with Crippen LogP contribution in [0.1, 0.15) is 59.8 Å². The van der Waals surface area contributed by atoms with Crippen molar-refractivity contribution in [2.45, 2.75) is 44.2 Å². The highest BCUT2D eigenvalue weighted by Crippen LogP contribution is 2.34. The number of hydrogen-bond acceptors (Lipinski definition) is 3. The molecular formula is C23H25F5N4O. The predicted molar refractivity (Wildman–Crippen MR) is 116 cm³/mol. The summed E-state index contributed by atoms with van der Waals surface area (Å²) in [7, 11) is 3.75. The van der Waals surface area contributed by atoms with Gasteiger partial charge in [0.2, 0.25) is 0 Å². The topological polar surface area (TPSA) is 69.8 Å². The van der Waals surface area contributed by atoms with Crippen molar-refractivity contribution in [3.8, 4) is 0 Å². The van der Waals surface area contributed by atoms with Gasteiger partial charge in [-0.1, -0.05) is 19.3 Å². The normalized spacial score (nSPS) is 14.6. The van der Waals surface area contributed by atoms with Crippen molar-refractivity contribution in [3.05, 3.63) is 58.9 Å². The molecule has 1 aromatic heterocycles. The number of imidazole rings is 1. The monoisotopic (exact) mass is 468 g/mol. The summed E-state index contributed by atoms with van der Waals surface area (Å²) in [5, 5.41) is 5.14. The summed E-state index contributed by atoms with van der Waals surface area (Å²) in [5.74, 6) is -3.76. The third kappa shape index (κ3) is 5.68. The van der Waals surface area contributed by atoms with E-state index >= 15 is 0 Å². The van der Waals surface area contributed by atoms with Gasteiger partial charge in [0.05, 0.1) is 22.2 Å². The smallest absolute Gasteiger partial charge is 0.342 e. The Labute approximate surface area is 187 Å². The largest absolute Gasteiger partial charge is 0.419 e. The lowest BCUT2D eigenvalue weighted by molar-refractivity contribution is -0.140. The highest BCUT2D eigenvalue weighted by molar-refractivity contribution is 6.05. The molecule has 0 bridgehead atoms. The van der Waals surface area contributed by atoms with E-state index in [9.17, 15) is 26.7 Å². The van der Waals surface area contributed by atoms with Crippen molar-refractivity contribution in [1.82, 2.24) is 15.3 Å². The van der Waals surface area contributed by atoms with Gasteiger partial charge in [-0.05, 0) is 57.3 Å². The number of anilines is 1. The maximum atomic E-state index is 14.1. The van der Waals surface area contributed by atoms with Crippen LogP contribution in [0.25, 0.3) is 11.0 Å². The summed E-state index contributed by atoms with van der Waals surface area (Å²) in [6, 6.07) is 5.79. The highest BCUT2D eigenvalue weighted by atomic mass is 19.4. The third-order valence-corrected chi connectivity index (χ3v) is 5.38. The van der Waals surface area contributed by atoms with E-state index in [4.69, 9.17) is 0 Å². The number of carbonyl (C=O) groups is 1. The molecule has 1 aliphatic carbocycles. The Balaban J connectivity index is 0.000000968. The van der Waals surface area contributed by atoms with Gasteiger partial charge in [-0.25, -0.2) is 13.8 Å². The lowest BCUT2D eigenvalue weighted by Crippen LogP contribution is -2.17. The number of H-pyrrole nitrogens is 1. The molecule has 2 aromatic carbocycles. The van der Waals surface area contributed by atoms with Gasteiger partial charge in [0, 0.05) is 11.6 Å². The first-order chi connectivity index (χ1) is 15.7. The molecule has 1 fully saturated rings. The molecule has 0 unspecified atom stereocenters. The van der Waals surface area contributed by atoms with Crippen LogP contribution in [0.3, 0.4) is 0 Å². The van der Waals surface area contributed by atoms with Crippen LogP contribution in [0.5, 0.6) is 0 Å². The van der Waals surface area contributed by atoms with Gasteiger partial charge in [0.1, 0.15) is 5.82 Å². The Morgan fingerprint density at radius 3 is 2.33 bits per heavy atom. The van der Waals surface area contributed by atoms with Gasteiger partial charge in [0.15, 0.2) is 11.6 Å². The number of amides is 1. The van der Waals surface area contributed by atoms with Crippen LogP contribution in [-0.2, 0) is 6.18 Å². The zero-order chi connectivity index (χ0) is 24.2. The number of alkyl halides is 3. The first-order valence-corrected chi connectivity index (χ1v) is 10.6. The van der Waals surface area contributed by atoms with Crippen molar-refractivity contribution in [2.24, 2.45) is 0 Å². The van der Waals surface area contributed by atoms with Gasteiger partial charge >= 0.3 is 6.18 Å². The van der Waals surface area contributed by atoms with Crippen LogP contribution >= 0.6 is 0 Å². The minimum Gasteiger partial charge on any atom is -0.342 e. The molecular weight excluding hydrogens is 443 g/mol. The molecule has 3 N–H and O–H groups in total. The van der Waals surface area contributed by atoms with Crippen LogP contribution in [0, 0.1) is 11.6 Å². The van der Waals surface area contributed by atoms with Crippen LogP contribution in [-0.4, -0.2) is 30.0 Å². The molecule has 5 nitrogen and oxygen atoms in total. The SMILES string of the molecule is CNC.O=C(Nc1ccc2nc(C3CCCCC3)[nH]c2c1)c1ccc(C(F)(F)F)c(F)c1F. The molecule has 1 amide bonds. The van der Waals surface area contributed by atoms with Gasteiger partial charge in [-0.2, -0.15) is 13.2 Å². The van der Waals surface area contributed by atoms with Gasteiger partial charge in [0.25, 0.3) is 5.91 Å². The predicted octanol–water partition coefficient (Wildman–Crippen LogP) is 6.00. The maximum Gasteiger partial charge on any atom is 0.419 e. The number of rotatable bonds is 3. The number of carbonyl (C=O) groups excluding carboxylic acids is 1. The summed E-state index contributed by atoms with van der Waals surface area (Å²) >= 11 is 0. The van der Waals surface area contributed by atoms with Gasteiger partial charge < -0.3 is 15.6 Å². The van der Waals surface area contributed by atoms with Crippen molar-refractivity contribution in [3.63, 3.8) is 0 Å². The summed E-state index contributed by atoms with van der Waals surface area (Å²) in [4.78, 5) is 20.1. The van der Waals surface area contributed by atoms with Crippen LogP contribution < -0.4 is 10.6 Å². The summed E-state index contributed by atoms with van der Waals surface area (Å²) in [6.45, 7) is 0. The van der Waals surface area contributed by atoms with Crippen molar-refractivity contribution >= 4 is 22.6 Å². The molecule has 0 saturated heterocycles. The zero-order valence-electron chi connectivity index (χ0n) is 18.2. The molecule has 0 spiro atoms. The first-order valence-electron chi connectivity index (χ1n) is 10.6. The van der Waals surface area contributed by atoms with Crippen LogP contribution in [0.4, 0.5) is 27.6 Å². The van der Waals surface area contributed by atoms with E-state index in [2.05, 4.69) is 20.6 Å². The molecule has 3 aromatic rings. The van der Waals surface area contributed by atoms with E-state index in [0.29, 0.717) is 29.1 Å². The molecule has 1 aliphatic rings. The van der Waals surface area contributed by atoms with E-state index in [1.165, 1.54) is 6.42 Å². The second-order valence-corrected chi connectivity index (χ2v) is 7.93. The molecule has 0 radical (unpaired) electrons. The highest BCUT2D eigenvalue weighted by Gasteiger charge is 2.36. The fourth-order valence-corrected chi connectivity index (χ4v) is 3.82. The Morgan fingerprint density at radius 1 is 1.03 bits per heavy atom. The Hall–Kier alpha value is -3.01. The third-order valence-electron chi connectivity index (χ3n) is 5.38. The molecule has 178 valence electrons. The standard InChI is InChI=1S/C21H18F5N3O.C2H7N/c22-17-13(7-8-14(18(17)23)21(24,25)26)20(30)27-12-6-9-15-16(10-12)29-19(28-15)11-4-2-1-3-5-11;1-3-2/h6-11H,1-5H2,(H,27,30)(H,28,29);3H,1-2H3. The molecule has 1 heterocycles. The Morgan fingerprint density at radius 2 is 1.70 bits per heavy atom. The second kappa shape index (κ2) is 10.3. The van der Waals surface area contributed by atoms with Crippen molar-refractivity contribution in [1.29, 1.82) is 0 Å². The average Bonchev–Trinajstić information content (AvgIpc) is 3.19. The average molecular weight is 468 g/mol. The number of halogens is 5. The number of nitrogens with zero attached hydrogens (tertiary/aromatic N) is 1. The van der Waals surface area contributed by atoms with Crippen LogP contribution in [0.15, 0.2) is 30.3 Å². The van der Waals surface area contributed by atoms with E-state index < -0.39 is 34.8 Å². The fourth-order valence-electron chi connectivity index (χ4n) is 3.82. The number of fused-ring (bicyclic) bond motifs is 1. The molecule has 0 atom stereocenters. The molecule has 1 saturated carbocycles. The first kappa shape index (κ1) is 24.6. The number of nitrogens with one attached hydrogen (secondary N) is 3. The van der Waals surface area contributed by atoms with E-state index in [1.54, 1.807) is 18.2 Å². The summed E-state index contributed by atoms with van der Waals surface area (Å²) in [6.07, 6.45) is 0.580. The minimum absolute atomic E-state index is 0.283. The van der Waals surface area contributed by atoms with E-state index in [0.717, 1.165) is 31.5 Å². The van der Waals surface area contributed by atoms with Crippen molar-refractivity contribution in [2.75, 3.05) is 19.4 Å². The zero-order valence-corrected chi connectivity index (χ0v) is 18.2. The quantitative estimate of drug-likeness (QED) is 0.413. The number of aromatic amines is 1. The number of benzene rings is 2. The van der Waals surface area contributed by atoms with Crippen molar-refractivity contribution < 1.29 is 26.7 Å².